The van der Waals surface area contributed by atoms with E-state index in [1.807, 2.05) is 0 Å². The Kier molecular flexibility index (Phi) is 7.15. The van der Waals surface area contributed by atoms with E-state index in [0.29, 0.717) is 25.4 Å². The molecular formula is C11H22ClN3O2. The molecule has 0 aliphatic carbocycles. The summed E-state index contributed by atoms with van der Waals surface area (Å²) in [5.41, 5.74) is 5.60. The largest absolute Gasteiger partial charge is 0.355 e. The first kappa shape index (κ1) is 16.2. The minimum atomic E-state index is -0.228. The van der Waals surface area contributed by atoms with Crippen LogP contribution in [0.1, 0.15) is 26.7 Å². The van der Waals surface area contributed by atoms with Gasteiger partial charge in [0.2, 0.25) is 11.8 Å². The first-order valence-corrected chi connectivity index (χ1v) is 5.80. The quantitative estimate of drug-likeness (QED) is 0.655. The molecule has 0 saturated carbocycles. The van der Waals surface area contributed by atoms with Crippen molar-refractivity contribution in [2.75, 3.05) is 13.1 Å². The molecule has 0 aromatic rings. The van der Waals surface area contributed by atoms with Gasteiger partial charge in [-0.1, -0.05) is 13.8 Å². The van der Waals surface area contributed by atoms with Gasteiger partial charge in [0.15, 0.2) is 0 Å². The Labute approximate surface area is 108 Å². The van der Waals surface area contributed by atoms with Crippen molar-refractivity contribution in [2.24, 2.45) is 17.6 Å². The molecule has 17 heavy (non-hydrogen) atoms. The van der Waals surface area contributed by atoms with Crippen LogP contribution in [-0.4, -0.2) is 30.9 Å². The molecular weight excluding hydrogens is 242 g/mol. The molecule has 0 spiro atoms. The lowest BCUT2D eigenvalue weighted by Crippen LogP contribution is -2.44. The van der Waals surface area contributed by atoms with Gasteiger partial charge in [0.1, 0.15) is 0 Å². The zero-order chi connectivity index (χ0) is 12.1. The van der Waals surface area contributed by atoms with Gasteiger partial charge in [-0.3, -0.25) is 9.59 Å². The summed E-state index contributed by atoms with van der Waals surface area (Å²) in [4.78, 5) is 22.8. The smallest absolute Gasteiger partial charge is 0.225 e. The fraction of sp³-hybridized carbons (Fsp3) is 0.818. The van der Waals surface area contributed by atoms with E-state index in [9.17, 15) is 9.59 Å². The third-order valence-electron chi connectivity index (χ3n) is 2.74. The predicted molar refractivity (Wildman–Crippen MR) is 68.8 cm³/mol. The highest BCUT2D eigenvalue weighted by Gasteiger charge is 2.28. The van der Waals surface area contributed by atoms with Crippen LogP contribution in [0.15, 0.2) is 0 Å². The molecule has 4 N–H and O–H groups in total. The van der Waals surface area contributed by atoms with Crippen molar-refractivity contribution < 1.29 is 9.59 Å². The van der Waals surface area contributed by atoms with Crippen LogP contribution in [0.25, 0.3) is 0 Å². The number of rotatable bonds is 5. The molecule has 0 aromatic carbocycles. The molecule has 0 aromatic heterocycles. The molecule has 1 rings (SSSR count). The molecule has 2 amide bonds. The molecule has 1 aliphatic rings. The maximum atomic E-state index is 11.8. The minimum absolute atomic E-state index is 0. The number of hydrogen-bond acceptors (Lipinski definition) is 3. The Morgan fingerprint density at radius 1 is 1.59 bits per heavy atom. The fourth-order valence-corrected chi connectivity index (χ4v) is 1.89. The third-order valence-corrected chi connectivity index (χ3v) is 2.74. The Hall–Kier alpha value is -0.810. The van der Waals surface area contributed by atoms with Gasteiger partial charge < -0.3 is 16.4 Å². The summed E-state index contributed by atoms with van der Waals surface area (Å²) in [5.74, 6) is 0.161. The van der Waals surface area contributed by atoms with Crippen LogP contribution in [0.2, 0.25) is 0 Å². The van der Waals surface area contributed by atoms with Gasteiger partial charge in [0, 0.05) is 25.6 Å². The van der Waals surface area contributed by atoms with E-state index in [2.05, 4.69) is 24.5 Å². The first-order valence-electron chi connectivity index (χ1n) is 5.80. The number of nitrogens with one attached hydrogen (secondary N) is 2. The van der Waals surface area contributed by atoms with Crippen molar-refractivity contribution in [3.63, 3.8) is 0 Å². The predicted octanol–water partition coefficient (Wildman–Crippen LogP) is 0.0339. The number of hydrogen-bond donors (Lipinski definition) is 3. The molecule has 2 unspecified atom stereocenters. The summed E-state index contributed by atoms with van der Waals surface area (Å²) in [6.45, 7) is 5.08. The van der Waals surface area contributed by atoms with Crippen molar-refractivity contribution in [3.8, 4) is 0 Å². The molecule has 5 nitrogen and oxygen atoms in total. The van der Waals surface area contributed by atoms with Crippen molar-refractivity contribution in [1.82, 2.24) is 10.6 Å². The summed E-state index contributed by atoms with van der Waals surface area (Å²) < 4.78 is 0. The number of carbonyl (C=O) groups is 2. The van der Waals surface area contributed by atoms with Crippen LogP contribution in [0.3, 0.4) is 0 Å². The molecule has 1 saturated heterocycles. The van der Waals surface area contributed by atoms with E-state index in [1.54, 1.807) is 0 Å². The van der Waals surface area contributed by atoms with E-state index in [1.165, 1.54) is 0 Å². The molecule has 2 atom stereocenters. The maximum Gasteiger partial charge on any atom is 0.225 e. The van der Waals surface area contributed by atoms with Gasteiger partial charge in [0.25, 0.3) is 0 Å². The average Bonchev–Trinajstić information content (AvgIpc) is 2.63. The Morgan fingerprint density at radius 2 is 2.24 bits per heavy atom. The van der Waals surface area contributed by atoms with E-state index < -0.39 is 0 Å². The van der Waals surface area contributed by atoms with Gasteiger partial charge in [-0.25, -0.2) is 0 Å². The second kappa shape index (κ2) is 7.50. The topological polar surface area (TPSA) is 84.2 Å². The standard InChI is InChI=1S/C11H21N3O2.ClH/c1-7(2)3-9(5-12)14-11(16)8-4-10(15)13-6-8;/h7-9H,3-6,12H2,1-2H3,(H,13,15)(H,14,16);1H. The fourth-order valence-electron chi connectivity index (χ4n) is 1.89. The van der Waals surface area contributed by atoms with E-state index in [0.717, 1.165) is 6.42 Å². The summed E-state index contributed by atoms with van der Waals surface area (Å²) in [7, 11) is 0. The molecule has 1 heterocycles. The third kappa shape index (κ3) is 5.37. The molecule has 1 aliphatic heterocycles. The van der Waals surface area contributed by atoms with E-state index in [4.69, 9.17) is 5.73 Å². The van der Waals surface area contributed by atoms with Gasteiger partial charge in [-0.05, 0) is 12.3 Å². The van der Waals surface area contributed by atoms with Crippen LogP contribution in [-0.2, 0) is 9.59 Å². The SMILES string of the molecule is CC(C)CC(CN)NC(=O)C1CNC(=O)C1.Cl. The average molecular weight is 264 g/mol. The highest BCUT2D eigenvalue weighted by Crippen LogP contribution is 2.10. The number of halogens is 1. The van der Waals surface area contributed by atoms with Crippen LogP contribution < -0.4 is 16.4 Å². The lowest BCUT2D eigenvalue weighted by Gasteiger charge is -2.20. The number of amides is 2. The normalized spacial score (nSPS) is 20.7. The maximum absolute atomic E-state index is 11.8. The van der Waals surface area contributed by atoms with Crippen molar-refractivity contribution in [1.29, 1.82) is 0 Å². The molecule has 100 valence electrons. The van der Waals surface area contributed by atoms with Gasteiger partial charge >= 0.3 is 0 Å². The number of nitrogens with two attached hydrogens (primary N) is 1. The van der Waals surface area contributed by atoms with Crippen molar-refractivity contribution in [2.45, 2.75) is 32.7 Å². The van der Waals surface area contributed by atoms with Gasteiger partial charge in [0.05, 0.1) is 5.92 Å². The zero-order valence-electron chi connectivity index (χ0n) is 10.4. The van der Waals surface area contributed by atoms with Crippen molar-refractivity contribution in [3.05, 3.63) is 0 Å². The highest BCUT2D eigenvalue weighted by molar-refractivity contribution is 5.89. The van der Waals surface area contributed by atoms with Crippen LogP contribution >= 0.6 is 12.4 Å². The van der Waals surface area contributed by atoms with Gasteiger partial charge in [-0.15, -0.1) is 12.4 Å². The summed E-state index contributed by atoms with van der Waals surface area (Å²) >= 11 is 0. The Balaban J connectivity index is 0.00000256. The molecule has 1 fully saturated rings. The minimum Gasteiger partial charge on any atom is -0.355 e. The molecule has 0 radical (unpaired) electrons. The molecule has 6 heteroatoms. The van der Waals surface area contributed by atoms with E-state index in [-0.39, 0.29) is 36.2 Å². The first-order chi connectivity index (χ1) is 7.52. The monoisotopic (exact) mass is 263 g/mol. The van der Waals surface area contributed by atoms with Crippen molar-refractivity contribution >= 4 is 24.2 Å². The highest BCUT2D eigenvalue weighted by atomic mass is 35.5. The van der Waals surface area contributed by atoms with Crippen LogP contribution in [0, 0.1) is 11.8 Å². The Bertz CT molecular complexity index is 271. The second-order valence-corrected chi connectivity index (χ2v) is 4.78. The van der Waals surface area contributed by atoms with Gasteiger partial charge in [-0.2, -0.15) is 0 Å². The lowest BCUT2D eigenvalue weighted by atomic mass is 10.0. The summed E-state index contributed by atoms with van der Waals surface area (Å²) in [6.07, 6.45) is 1.17. The van der Waals surface area contributed by atoms with Crippen LogP contribution in [0.5, 0.6) is 0 Å². The van der Waals surface area contributed by atoms with Crippen LogP contribution in [0.4, 0.5) is 0 Å². The Morgan fingerprint density at radius 3 is 2.65 bits per heavy atom. The second-order valence-electron chi connectivity index (χ2n) is 4.78. The summed E-state index contributed by atoms with van der Waals surface area (Å²) in [5, 5.41) is 5.56. The summed E-state index contributed by atoms with van der Waals surface area (Å²) in [6, 6.07) is 0.0169. The lowest BCUT2D eigenvalue weighted by molar-refractivity contribution is -0.127. The number of carbonyl (C=O) groups excluding carboxylic acids is 2. The molecule has 0 bridgehead atoms. The van der Waals surface area contributed by atoms with E-state index >= 15 is 0 Å². The zero-order valence-corrected chi connectivity index (χ0v) is 11.2.